The Morgan fingerprint density at radius 3 is 2.20 bits per heavy atom. The lowest BCUT2D eigenvalue weighted by atomic mass is 10.2. The molecule has 0 aromatic heterocycles. The highest BCUT2D eigenvalue weighted by atomic mass is 16.6. The molecule has 2 radical (unpaired) electrons. The van der Waals surface area contributed by atoms with Crippen molar-refractivity contribution in [2.24, 2.45) is 0 Å². The van der Waals surface area contributed by atoms with Crippen LogP contribution in [0.2, 0.25) is 0 Å². The molecule has 0 aliphatic carbocycles. The topological polar surface area (TPSA) is 43.1 Å². The lowest BCUT2D eigenvalue weighted by molar-refractivity contribution is -0.384. The second-order valence-electron chi connectivity index (χ2n) is 1.85. The fourth-order valence-electron chi connectivity index (χ4n) is 0.596. The molecule has 0 atom stereocenters. The Balaban J connectivity index is 3.00. The summed E-state index contributed by atoms with van der Waals surface area (Å²) in [6.07, 6.45) is 0. The monoisotopic (exact) mass is 135 g/mol. The van der Waals surface area contributed by atoms with Crippen LogP contribution in [0.5, 0.6) is 0 Å². The summed E-state index contributed by atoms with van der Waals surface area (Å²) in [7, 11) is 0. The normalized spacial score (nSPS) is 9.30. The highest BCUT2D eigenvalue weighted by molar-refractivity contribution is 5.33. The first-order valence-corrected chi connectivity index (χ1v) is 2.70. The fourth-order valence-corrected chi connectivity index (χ4v) is 0.596. The highest BCUT2D eigenvalue weighted by Gasteiger charge is 2.00. The minimum absolute atomic E-state index is 0.0641. The Kier molecular flexibility index (Phi) is 1.67. The molecule has 0 fully saturated rings. The summed E-state index contributed by atoms with van der Waals surface area (Å²) >= 11 is 0. The second kappa shape index (κ2) is 2.47. The summed E-state index contributed by atoms with van der Waals surface area (Å²) in [6.45, 7) is 5.30. The number of rotatable bonds is 1. The summed E-state index contributed by atoms with van der Waals surface area (Å²) in [4.78, 5) is 9.62. The van der Waals surface area contributed by atoms with Crippen molar-refractivity contribution >= 4 is 5.69 Å². The molecule has 50 valence electrons. The van der Waals surface area contributed by atoms with Crippen molar-refractivity contribution in [3.8, 4) is 0 Å². The van der Waals surface area contributed by atoms with E-state index in [2.05, 4.69) is 0 Å². The SMILES string of the molecule is [CH]c1ccc([N+](=O)[O-])cc1. The molecule has 0 amide bonds. The lowest BCUT2D eigenvalue weighted by Crippen LogP contribution is -1.86. The summed E-state index contributed by atoms with van der Waals surface area (Å²) < 4.78 is 0. The van der Waals surface area contributed by atoms with E-state index in [1.807, 2.05) is 0 Å². The summed E-state index contributed by atoms with van der Waals surface area (Å²) in [5.41, 5.74) is 0.597. The van der Waals surface area contributed by atoms with Gasteiger partial charge in [0.25, 0.3) is 5.69 Å². The van der Waals surface area contributed by atoms with Gasteiger partial charge in [0.05, 0.1) is 4.92 Å². The van der Waals surface area contributed by atoms with Crippen molar-refractivity contribution in [2.75, 3.05) is 0 Å². The number of non-ortho nitro benzene ring substituents is 1. The Morgan fingerprint density at radius 1 is 1.30 bits per heavy atom. The highest BCUT2D eigenvalue weighted by Crippen LogP contribution is 2.10. The molecule has 3 heteroatoms. The molecule has 0 heterocycles. The van der Waals surface area contributed by atoms with Crippen molar-refractivity contribution < 1.29 is 4.92 Å². The number of nitrogens with zero attached hydrogens (tertiary/aromatic N) is 1. The van der Waals surface area contributed by atoms with Crippen LogP contribution < -0.4 is 0 Å². The molecular formula is C7H5NO2. The quantitative estimate of drug-likeness (QED) is 0.434. The van der Waals surface area contributed by atoms with E-state index < -0.39 is 4.92 Å². The van der Waals surface area contributed by atoms with Gasteiger partial charge in [0.15, 0.2) is 0 Å². The van der Waals surface area contributed by atoms with E-state index >= 15 is 0 Å². The Hall–Kier alpha value is -1.38. The van der Waals surface area contributed by atoms with E-state index in [1.165, 1.54) is 24.3 Å². The van der Waals surface area contributed by atoms with Gasteiger partial charge in [-0.25, -0.2) is 0 Å². The first-order valence-electron chi connectivity index (χ1n) is 2.70. The van der Waals surface area contributed by atoms with Crippen LogP contribution in [0.1, 0.15) is 5.56 Å². The van der Waals surface area contributed by atoms with E-state index in [0.717, 1.165) is 0 Å². The van der Waals surface area contributed by atoms with Crippen molar-refractivity contribution in [1.29, 1.82) is 0 Å². The van der Waals surface area contributed by atoms with Gasteiger partial charge in [-0.15, -0.1) is 0 Å². The Morgan fingerprint density at radius 2 is 1.80 bits per heavy atom. The fraction of sp³-hybridized carbons (Fsp3) is 0. The number of hydrogen-bond acceptors (Lipinski definition) is 2. The van der Waals surface area contributed by atoms with Crippen molar-refractivity contribution in [3.05, 3.63) is 46.9 Å². The zero-order chi connectivity index (χ0) is 7.56. The standard InChI is InChI=1S/C7H5NO2/c1-6-2-4-7(5-3-6)8(9)10/h1-5H. The molecule has 0 bridgehead atoms. The maximum Gasteiger partial charge on any atom is 0.269 e. The van der Waals surface area contributed by atoms with Crippen LogP contribution in [0.25, 0.3) is 0 Å². The average molecular weight is 135 g/mol. The second-order valence-corrected chi connectivity index (χ2v) is 1.85. The summed E-state index contributed by atoms with van der Waals surface area (Å²) in [5.74, 6) is 0. The van der Waals surface area contributed by atoms with Gasteiger partial charge >= 0.3 is 0 Å². The van der Waals surface area contributed by atoms with Crippen LogP contribution in [0.3, 0.4) is 0 Å². The number of benzene rings is 1. The maximum absolute atomic E-state index is 10.1. The van der Waals surface area contributed by atoms with Crippen molar-refractivity contribution in [2.45, 2.75) is 0 Å². The van der Waals surface area contributed by atoms with Gasteiger partial charge < -0.3 is 0 Å². The number of nitro groups is 1. The molecule has 0 unspecified atom stereocenters. The summed E-state index contributed by atoms with van der Waals surface area (Å²) in [6, 6.07) is 5.74. The van der Waals surface area contributed by atoms with Crippen LogP contribution >= 0.6 is 0 Å². The molecule has 0 aliphatic heterocycles. The Labute approximate surface area is 58.4 Å². The van der Waals surface area contributed by atoms with Crippen molar-refractivity contribution in [1.82, 2.24) is 0 Å². The number of hydrogen-bond donors (Lipinski definition) is 0. The molecule has 0 saturated carbocycles. The van der Waals surface area contributed by atoms with Gasteiger partial charge in [-0.1, -0.05) is 12.1 Å². The molecule has 1 aromatic rings. The van der Waals surface area contributed by atoms with Gasteiger partial charge in [-0.05, 0) is 12.5 Å². The largest absolute Gasteiger partial charge is 0.269 e. The van der Waals surface area contributed by atoms with Gasteiger partial charge in [0.2, 0.25) is 0 Å². The minimum Gasteiger partial charge on any atom is -0.258 e. The van der Waals surface area contributed by atoms with Crippen LogP contribution in [-0.4, -0.2) is 4.92 Å². The minimum atomic E-state index is -0.459. The summed E-state index contributed by atoms with van der Waals surface area (Å²) in [5, 5.41) is 10.1. The number of nitro benzene ring substituents is 1. The average Bonchev–Trinajstić information content (AvgIpc) is 1.88. The predicted molar refractivity (Wildman–Crippen MR) is 36.5 cm³/mol. The smallest absolute Gasteiger partial charge is 0.258 e. The molecule has 1 aromatic carbocycles. The molecule has 0 spiro atoms. The van der Waals surface area contributed by atoms with E-state index in [4.69, 9.17) is 6.92 Å². The van der Waals surface area contributed by atoms with Gasteiger partial charge in [0.1, 0.15) is 0 Å². The molecule has 0 saturated heterocycles. The van der Waals surface area contributed by atoms with Gasteiger partial charge in [-0.3, -0.25) is 10.1 Å². The molecule has 3 nitrogen and oxygen atoms in total. The van der Waals surface area contributed by atoms with E-state index in [-0.39, 0.29) is 5.69 Å². The zero-order valence-corrected chi connectivity index (χ0v) is 5.15. The first-order chi connectivity index (χ1) is 4.70. The van der Waals surface area contributed by atoms with Gasteiger partial charge in [0, 0.05) is 12.1 Å². The third-order valence-electron chi connectivity index (χ3n) is 1.10. The van der Waals surface area contributed by atoms with Crippen molar-refractivity contribution in [3.63, 3.8) is 0 Å². The first kappa shape index (κ1) is 6.74. The van der Waals surface area contributed by atoms with Crippen LogP contribution in [0.15, 0.2) is 24.3 Å². The van der Waals surface area contributed by atoms with E-state index in [0.29, 0.717) is 5.56 Å². The van der Waals surface area contributed by atoms with Crippen LogP contribution in [0, 0.1) is 17.0 Å². The maximum atomic E-state index is 10.1. The predicted octanol–water partition coefficient (Wildman–Crippen LogP) is 1.65. The molecule has 10 heavy (non-hydrogen) atoms. The third kappa shape index (κ3) is 1.31. The van der Waals surface area contributed by atoms with Crippen LogP contribution in [-0.2, 0) is 0 Å². The Bertz CT molecular complexity index is 240. The molecule has 0 aliphatic rings. The van der Waals surface area contributed by atoms with Crippen LogP contribution in [0.4, 0.5) is 5.69 Å². The third-order valence-corrected chi connectivity index (χ3v) is 1.10. The zero-order valence-electron chi connectivity index (χ0n) is 5.15. The molecule has 0 N–H and O–H groups in total. The lowest BCUT2D eigenvalue weighted by Gasteiger charge is -1.89. The van der Waals surface area contributed by atoms with E-state index in [9.17, 15) is 10.1 Å². The molecule has 1 rings (SSSR count). The molecular weight excluding hydrogens is 130 g/mol. The van der Waals surface area contributed by atoms with Gasteiger partial charge in [-0.2, -0.15) is 0 Å². The van der Waals surface area contributed by atoms with E-state index in [1.54, 1.807) is 0 Å².